The lowest BCUT2D eigenvalue weighted by molar-refractivity contribution is -0.142. The Hall–Kier alpha value is -4.13. The van der Waals surface area contributed by atoms with E-state index in [0.29, 0.717) is 29.0 Å². The third-order valence-electron chi connectivity index (χ3n) is 7.17. The summed E-state index contributed by atoms with van der Waals surface area (Å²) in [5.41, 5.74) is 2.49. The van der Waals surface area contributed by atoms with Crippen LogP contribution in [0.5, 0.6) is 5.75 Å². The van der Waals surface area contributed by atoms with E-state index in [9.17, 15) is 19.5 Å². The van der Waals surface area contributed by atoms with E-state index in [1.54, 1.807) is 79.3 Å². The van der Waals surface area contributed by atoms with E-state index >= 15 is 0 Å². The van der Waals surface area contributed by atoms with Gasteiger partial charge in [-0.3, -0.25) is 14.4 Å². The van der Waals surface area contributed by atoms with Crippen LogP contribution in [0.3, 0.4) is 0 Å². The molecule has 7 heteroatoms. The van der Waals surface area contributed by atoms with Crippen molar-refractivity contribution in [1.29, 1.82) is 0 Å². The lowest BCUT2D eigenvalue weighted by atomic mass is 9.84. The lowest BCUT2D eigenvalue weighted by Gasteiger charge is -2.43. The molecular weight excluding hydrogens is 468 g/mol. The van der Waals surface area contributed by atoms with Crippen molar-refractivity contribution in [2.75, 3.05) is 16.9 Å². The van der Waals surface area contributed by atoms with Crippen LogP contribution in [0.1, 0.15) is 61.6 Å². The Morgan fingerprint density at radius 1 is 0.973 bits per heavy atom. The molecule has 3 aromatic carbocycles. The van der Waals surface area contributed by atoms with Gasteiger partial charge in [0.05, 0.1) is 18.6 Å². The zero-order valence-corrected chi connectivity index (χ0v) is 21.8. The van der Waals surface area contributed by atoms with Gasteiger partial charge in [0.25, 0.3) is 5.91 Å². The lowest BCUT2D eigenvalue weighted by Crippen LogP contribution is -2.47. The van der Waals surface area contributed by atoms with Gasteiger partial charge in [0.2, 0.25) is 5.91 Å². The van der Waals surface area contributed by atoms with E-state index < -0.39 is 11.4 Å². The van der Waals surface area contributed by atoms with Crippen molar-refractivity contribution >= 4 is 29.2 Å². The molecule has 1 aliphatic rings. The first kappa shape index (κ1) is 25.9. The normalized spacial score (nSPS) is 17.1. The third kappa shape index (κ3) is 4.81. The molecular formula is C30H32N2O5. The van der Waals surface area contributed by atoms with Gasteiger partial charge in [-0.05, 0) is 80.8 Å². The van der Waals surface area contributed by atoms with E-state index in [0.717, 1.165) is 11.3 Å². The topological polar surface area (TPSA) is 87.2 Å². The molecule has 7 nitrogen and oxygen atoms in total. The van der Waals surface area contributed by atoms with Crippen LogP contribution in [0.25, 0.3) is 0 Å². The van der Waals surface area contributed by atoms with Crippen LogP contribution in [0.4, 0.5) is 11.4 Å². The zero-order valence-electron chi connectivity index (χ0n) is 21.8. The summed E-state index contributed by atoms with van der Waals surface area (Å²) >= 11 is 0. The number of benzene rings is 3. The average Bonchev–Trinajstić information content (AvgIpc) is 2.88. The fraction of sp³-hybridized carbons (Fsp3) is 0.300. The number of para-hydroxylation sites is 1. The molecule has 1 heterocycles. The van der Waals surface area contributed by atoms with E-state index in [2.05, 4.69) is 0 Å². The highest BCUT2D eigenvalue weighted by Crippen LogP contribution is 2.43. The van der Waals surface area contributed by atoms with Gasteiger partial charge in [-0.2, -0.15) is 0 Å². The monoisotopic (exact) mass is 500 g/mol. The van der Waals surface area contributed by atoms with Crippen molar-refractivity contribution in [2.24, 2.45) is 0 Å². The number of fused-ring (bicyclic) bond motifs is 1. The smallest absolute Gasteiger partial charge is 0.313 e. The minimum atomic E-state index is -1.05. The fourth-order valence-electron chi connectivity index (χ4n) is 4.95. The molecule has 37 heavy (non-hydrogen) atoms. The molecule has 0 saturated heterocycles. The van der Waals surface area contributed by atoms with Crippen molar-refractivity contribution in [3.63, 3.8) is 0 Å². The van der Waals surface area contributed by atoms with Crippen molar-refractivity contribution < 1.29 is 24.2 Å². The molecule has 2 unspecified atom stereocenters. The van der Waals surface area contributed by atoms with E-state index in [1.807, 2.05) is 31.2 Å². The predicted octanol–water partition coefficient (Wildman–Crippen LogP) is 5.59. The molecule has 1 N–H and O–H groups in total. The average molecular weight is 501 g/mol. The first-order chi connectivity index (χ1) is 17.6. The molecule has 0 aliphatic carbocycles. The van der Waals surface area contributed by atoms with Gasteiger partial charge in [0.1, 0.15) is 5.75 Å². The molecule has 192 valence electrons. The van der Waals surface area contributed by atoms with Crippen LogP contribution in [-0.2, 0) is 15.0 Å². The van der Waals surface area contributed by atoms with Crippen molar-refractivity contribution in [2.45, 2.75) is 51.6 Å². The summed E-state index contributed by atoms with van der Waals surface area (Å²) in [6, 6.07) is 21.4. The maximum atomic E-state index is 13.6. The van der Waals surface area contributed by atoms with Crippen LogP contribution in [0.2, 0.25) is 0 Å². The standard InChI is InChI=1S/C30H32N2O5/c1-19-18-27(32(20(2)33)23-14-12-22(13-15-23)30(3,4)29(35)36)25-8-6-7-9-26(25)31(19)28(34)21-10-16-24(37-5)17-11-21/h6-17,19,27H,18H2,1-5H3,(H,35,36). The van der Waals surface area contributed by atoms with E-state index in [-0.39, 0.29) is 23.9 Å². The van der Waals surface area contributed by atoms with Gasteiger partial charge in [0, 0.05) is 29.9 Å². The molecule has 0 aromatic heterocycles. The van der Waals surface area contributed by atoms with Crippen molar-refractivity contribution in [3.8, 4) is 5.75 Å². The Morgan fingerprint density at radius 2 is 1.59 bits per heavy atom. The van der Waals surface area contributed by atoms with Crippen LogP contribution < -0.4 is 14.5 Å². The predicted molar refractivity (Wildman–Crippen MR) is 143 cm³/mol. The molecule has 2 atom stereocenters. The van der Waals surface area contributed by atoms with Gasteiger partial charge < -0.3 is 19.6 Å². The van der Waals surface area contributed by atoms with Gasteiger partial charge in [-0.25, -0.2) is 0 Å². The number of hydrogen-bond acceptors (Lipinski definition) is 4. The Bertz CT molecular complexity index is 1310. The fourth-order valence-corrected chi connectivity index (χ4v) is 4.95. The van der Waals surface area contributed by atoms with Crippen LogP contribution in [-0.4, -0.2) is 36.0 Å². The van der Waals surface area contributed by atoms with Gasteiger partial charge in [0.15, 0.2) is 0 Å². The van der Waals surface area contributed by atoms with E-state index in [1.165, 1.54) is 6.92 Å². The number of amides is 2. The number of anilines is 2. The summed E-state index contributed by atoms with van der Waals surface area (Å²) < 4.78 is 5.22. The Kier molecular flexibility index (Phi) is 7.07. The number of aliphatic carboxylic acids is 1. The highest BCUT2D eigenvalue weighted by molar-refractivity contribution is 6.07. The van der Waals surface area contributed by atoms with Gasteiger partial charge >= 0.3 is 5.97 Å². The van der Waals surface area contributed by atoms with Crippen molar-refractivity contribution in [3.05, 3.63) is 89.5 Å². The second kappa shape index (κ2) is 10.1. The molecule has 0 spiro atoms. The number of rotatable bonds is 6. The second-order valence-corrected chi connectivity index (χ2v) is 9.93. The maximum absolute atomic E-state index is 13.6. The summed E-state index contributed by atoms with van der Waals surface area (Å²) in [7, 11) is 1.58. The highest BCUT2D eigenvalue weighted by atomic mass is 16.5. The number of methoxy groups -OCH3 is 1. The maximum Gasteiger partial charge on any atom is 0.313 e. The minimum Gasteiger partial charge on any atom is -0.497 e. The highest BCUT2D eigenvalue weighted by Gasteiger charge is 2.38. The number of nitrogens with zero attached hydrogens (tertiary/aromatic N) is 2. The summed E-state index contributed by atoms with van der Waals surface area (Å²) in [4.78, 5) is 41.8. The summed E-state index contributed by atoms with van der Waals surface area (Å²) in [6.07, 6.45) is 0.543. The Labute approximate surface area is 217 Å². The number of carbonyl (C=O) groups excluding carboxylic acids is 2. The van der Waals surface area contributed by atoms with Crippen LogP contribution >= 0.6 is 0 Å². The number of hydrogen-bond donors (Lipinski definition) is 1. The Morgan fingerprint density at radius 3 is 2.16 bits per heavy atom. The Balaban J connectivity index is 1.72. The summed E-state index contributed by atoms with van der Waals surface area (Å²) in [5, 5.41) is 9.58. The third-order valence-corrected chi connectivity index (χ3v) is 7.17. The molecule has 0 fully saturated rings. The zero-order chi connectivity index (χ0) is 26.9. The first-order valence-electron chi connectivity index (χ1n) is 12.3. The molecule has 0 saturated carbocycles. The van der Waals surface area contributed by atoms with Gasteiger partial charge in [-0.15, -0.1) is 0 Å². The second-order valence-electron chi connectivity index (χ2n) is 9.93. The first-order valence-corrected chi connectivity index (χ1v) is 12.3. The van der Waals surface area contributed by atoms with Crippen LogP contribution in [0, 0.1) is 0 Å². The van der Waals surface area contributed by atoms with E-state index in [4.69, 9.17) is 4.74 Å². The molecule has 1 aliphatic heterocycles. The van der Waals surface area contributed by atoms with Crippen LogP contribution in [0.15, 0.2) is 72.8 Å². The molecule has 4 rings (SSSR count). The van der Waals surface area contributed by atoms with Gasteiger partial charge in [-0.1, -0.05) is 30.3 Å². The number of carbonyl (C=O) groups is 3. The molecule has 0 radical (unpaired) electrons. The largest absolute Gasteiger partial charge is 0.497 e. The summed E-state index contributed by atoms with van der Waals surface area (Å²) in [6.45, 7) is 6.82. The number of ether oxygens (including phenoxy) is 1. The van der Waals surface area contributed by atoms with Crippen molar-refractivity contribution in [1.82, 2.24) is 0 Å². The molecule has 2 amide bonds. The summed E-state index contributed by atoms with van der Waals surface area (Å²) in [5.74, 6) is -0.484. The quantitative estimate of drug-likeness (QED) is 0.477. The molecule has 0 bridgehead atoms. The SMILES string of the molecule is COc1ccc(C(=O)N2c3ccccc3C(N(C(C)=O)c3ccc(C(C)(C)C(=O)O)cc3)CC2C)cc1. The number of carboxylic acids is 1. The minimum absolute atomic E-state index is 0.115. The molecule has 3 aromatic rings. The number of carboxylic acid groups (broad SMARTS) is 1.